The van der Waals surface area contributed by atoms with Crippen molar-refractivity contribution in [3.05, 3.63) is 24.3 Å². The van der Waals surface area contributed by atoms with Gasteiger partial charge in [0.05, 0.1) is 18.8 Å². The molecule has 0 spiro atoms. The second kappa shape index (κ2) is 38.6. The van der Waals surface area contributed by atoms with Crippen molar-refractivity contribution in [2.24, 2.45) is 0 Å². The summed E-state index contributed by atoms with van der Waals surface area (Å²) in [6, 6.07) is -0.809. The first-order valence-electron chi connectivity index (χ1n) is 21.2. The molecule has 0 saturated heterocycles. The number of unbranched alkanes of at least 4 members (excludes halogenated alkanes) is 28. The molecule has 5 heteroatoms. The van der Waals surface area contributed by atoms with E-state index in [0.717, 1.165) is 38.5 Å². The minimum Gasteiger partial charge on any atom is -0.394 e. The molecule has 0 aromatic heterocycles. The fourth-order valence-electron chi connectivity index (χ4n) is 6.44. The highest BCUT2D eigenvalue weighted by atomic mass is 16.3. The molecule has 0 radical (unpaired) electrons. The van der Waals surface area contributed by atoms with Crippen molar-refractivity contribution in [1.82, 2.24) is 5.32 Å². The van der Waals surface area contributed by atoms with Crippen LogP contribution in [0.4, 0.5) is 0 Å². The monoisotopic (exact) mass is 678 g/mol. The van der Waals surface area contributed by atoms with Crippen molar-refractivity contribution in [3.8, 4) is 0 Å². The summed E-state index contributed by atoms with van der Waals surface area (Å²) in [5.74, 6) is -0.512. The number of hydrogen-bond acceptors (Lipinski definition) is 4. The Balaban J connectivity index is 3.61. The highest BCUT2D eigenvalue weighted by Crippen LogP contribution is 2.16. The fourth-order valence-corrected chi connectivity index (χ4v) is 6.44. The number of allylic oxidation sites excluding steroid dienone is 3. The molecule has 3 unspecified atom stereocenters. The number of carbonyl (C=O) groups is 1. The van der Waals surface area contributed by atoms with Crippen molar-refractivity contribution < 1.29 is 20.1 Å². The maximum Gasteiger partial charge on any atom is 0.249 e. The summed E-state index contributed by atoms with van der Waals surface area (Å²) in [5, 5.41) is 33.0. The molecule has 5 nitrogen and oxygen atoms in total. The molecule has 3 atom stereocenters. The van der Waals surface area contributed by atoms with E-state index in [4.69, 9.17) is 0 Å². The highest BCUT2D eigenvalue weighted by Gasteiger charge is 2.22. The van der Waals surface area contributed by atoms with Gasteiger partial charge in [-0.15, -0.1) is 0 Å². The fraction of sp³-hybridized carbons (Fsp3) is 0.884. The van der Waals surface area contributed by atoms with Crippen LogP contribution in [0.15, 0.2) is 24.3 Å². The van der Waals surface area contributed by atoms with Gasteiger partial charge in [0.25, 0.3) is 0 Å². The summed E-state index contributed by atoms with van der Waals surface area (Å²) in [7, 11) is 0. The molecule has 0 aliphatic rings. The van der Waals surface area contributed by atoms with Crippen LogP contribution in [0, 0.1) is 0 Å². The lowest BCUT2D eigenvalue weighted by Gasteiger charge is -2.21. The topological polar surface area (TPSA) is 89.8 Å². The van der Waals surface area contributed by atoms with Crippen LogP contribution in [-0.2, 0) is 4.79 Å². The lowest BCUT2D eigenvalue weighted by Crippen LogP contribution is -2.48. The number of aliphatic hydroxyl groups excluding tert-OH is 3. The van der Waals surface area contributed by atoms with Gasteiger partial charge in [0.15, 0.2) is 0 Å². The van der Waals surface area contributed by atoms with Crippen LogP contribution in [0.2, 0.25) is 0 Å². The van der Waals surface area contributed by atoms with Crippen molar-refractivity contribution in [2.75, 3.05) is 6.61 Å². The van der Waals surface area contributed by atoms with Gasteiger partial charge in [-0.3, -0.25) is 4.79 Å². The van der Waals surface area contributed by atoms with Crippen LogP contribution in [0.1, 0.15) is 219 Å². The van der Waals surface area contributed by atoms with Crippen LogP contribution in [0.3, 0.4) is 0 Å². The molecule has 0 rings (SSSR count). The van der Waals surface area contributed by atoms with E-state index >= 15 is 0 Å². The van der Waals surface area contributed by atoms with Crippen molar-refractivity contribution in [1.29, 1.82) is 0 Å². The first-order chi connectivity index (χ1) is 23.6. The van der Waals surface area contributed by atoms with Crippen LogP contribution in [0.25, 0.3) is 0 Å². The van der Waals surface area contributed by atoms with Crippen molar-refractivity contribution >= 4 is 5.91 Å². The van der Waals surface area contributed by atoms with Gasteiger partial charge in [0, 0.05) is 0 Å². The molecule has 0 bridgehead atoms. The van der Waals surface area contributed by atoms with Crippen LogP contribution >= 0.6 is 0 Å². The molecule has 0 aliphatic carbocycles. The van der Waals surface area contributed by atoms with Gasteiger partial charge in [-0.1, -0.05) is 212 Å². The van der Waals surface area contributed by atoms with E-state index < -0.39 is 24.2 Å². The summed E-state index contributed by atoms with van der Waals surface area (Å²) < 4.78 is 0. The Hall–Kier alpha value is -1.17. The third-order valence-electron chi connectivity index (χ3n) is 9.79. The predicted octanol–water partition coefficient (Wildman–Crippen LogP) is 11.8. The summed E-state index contributed by atoms with van der Waals surface area (Å²) >= 11 is 0. The van der Waals surface area contributed by atoms with E-state index in [0.29, 0.717) is 6.42 Å². The summed E-state index contributed by atoms with van der Waals surface area (Å²) in [5.41, 5.74) is 0. The molecule has 0 aromatic rings. The average molecular weight is 678 g/mol. The minimum absolute atomic E-state index is 0.374. The summed E-state index contributed by atoms with van der Waals surface area (Å²) in [4.78, 5) is 12.4. The van der Waals surface area contributed by atoms with E-state index in [1.165, 1.54) is 161 Å². The van der Waals surface area contributed by atoms with Gasteiger partial charge >= 0.3 is 0 Å². The van der Waals surface area contributed by atoms with Crippen LogP contribution < -0.4 is 5.32 Å². The van der Waals surface area contributed by atoms with E-state index in [1.54, 1.807) is 6.08 Å². The lowest BCUT2D eigenvalue weighted by molar-refractivity contribution is -0.131. The Morgan fingerprint density at radius 1 is 0.500 bits per heavy atom. The summed E-state index contributed by atoms with van der Waals surface area (Å²) in [6.07, 6.45) is 46.5. The third kappa shape index (κ3) is 33.3. The maximum atomic E-state index is 12.4. The smallest absolute Gasteiger partial charge is 0.249 e. The summed E-state index contributed by atoms with van der Waals surface area (Å²) in [6.45, 7) is 4.15. The Morgan fingerprint density at radius 2 is 0.854 bits per heavy atom. The zero-order chi connectivity index (χ0) is 35.2. The van der Waals surface area contributed by atoms with Gasteiger partial charge in [0.2, 0.25) is 5.91 Å². The van der Waals surface area contributed by atoms with Crippen LogP contribution in [0.5, 0.6) is 0 Å². The van der Waals surface area contributed by atoms with Crippen molar-refractivity contribution in [3.63, 3.8) is 0 Å². The number of amides is 1. The Morgan fingerprint density at radius 3 is 1.27 bits per heavy atom. The number of rotatable bonds is 38. The molecule has 1 amide bonds. The largest absolute Gasteiger partial charge is 0.394 e. The quantitative estimate of drug-likeness (QED) is 0.0387. The molecule has 0 heterocycles. The first-order valence-corrected chi connectivity index (χ1v) is 21.2. The second-order valence-electron chi connectivity index (χ2n) is 14.6. The number of nitrogens with one attached hydrogen (secondary N) is 1. The Kier molecular flexibility index (Phi) is 37.7. The molecular formula is C43H83NO4. The molecule has 284 valence electrons. The molecule has 48 heavy (non-hydrogen) atoms. The highest BCUT2D eigenvalue weighted by molar-refractivity contribution is 5.80. The minimum atomic E-state index is -1.10. The van der Waals surface area contributed by atoms with E-state index in [1.807, 2.05) is 6.08 Å². The van der Waals surface area contributed by atoms with Crippen LogP contribution in [-0.4, -0.2) is 46.1 Å². The van der Waals surface area contributed by atoms with Gasteiger partial charge in [0.1, 0.15) is 6.10 Å². The number of carbonyl (C=O) groups excluding carboxylic acids is 1. The standard InChI is InChI=1S/C43H83NO4/c1-3-5-7-9-11-13-15-16-17-18-19-20-21-22-23-24-25-26-28-30-32-34-36-38-42(47)43(48)44-40(39-45)41(46)37-35-33-31-29-27-14-12-10-8-6-4-2/h27,29,35,37,40-42,45-47H,3-26,28,30-34,36,38-39H2,1-2H3,(H,44,48)/b29-27+,37-35+. The van der Waals surface area contributed by atoms with E-state index in [2.05, 4.69) is 31.3 Å². The average Bonchev–Trinajstić information content (AvgIpc) is 3.09. The molecule has 4 N–H and O–H groups in total. The first kappa shape index (κ1) is 46.8. The van der Waals surface area contributed by atoms with Gasteiger partial charge < -0.3 is 20.6 Å². The Bertz CT molecular complexity index is 709. The van der Waals surface area contributed by atoms with E-state index in [9.17, 15) is 20.1 Å². The van der Waals surface area contributed by atoms with E-state index in [-0.39, 0.29) is 6.61 Å². The van der Waals surface area contributed by atoms with Gasteiger partial charge in [-0.25, -0.2) is 0 Å². The predicted molar refractivity (Wildman–Crippen MR) is 208 cm³/mol. The second-order valence-corrected chi connectivity index (χ2v) is 14.6. The molecular weight excluding hydrogens is 594 g/mol. The number of aliphatic hydroxyl groups is 3. The molecule has 0 saturated carbocycles. The van der Waals surface area contributed by atoms with Crippen molar-refractivity contribution in [2.45, 2.75) is 238 Å². The molecule has 0 aromatic carbocycles. The molecule has 0 aliphatic heterocycles. The van der Waals surface area contributed by atoms with Gasteiger partial charge in [-0.05, 0) is 32.1 Å². The normalized spacial score (nSPS) is 13.9. The third-order valence-corrected chi connectivity index (χ3v) is 9.79. The molecule has 0 fully saturated rings. The lowest BCUT2D eigenvalue weighted by atomic mass is 10.0. The zero-order valence-corrected chi connectivity index (χ0v) is 32.1. The SMILES string of the molecule is CCCCCCC/C=C/CC/C=C/C(O)C(CO)NC(=O)C(O)CCCCCCCCCCCCCCCCCCCCCCCCC. The maximum absolute atomic E-state index is 12.4. The zero-order valence-electron chi connectivity index (χ0n) is 32.1. The number of hydrogen-bond donors (Lipinski definition) is 4. The Labute approximate surface area is 299 Å². The van der Waals surface area contributed by atoms with Gasteiger partial charge in [-0.2, -0.15) is 0 Å².